The van der Waals surface area contributed by atoms with E-state index in [2.05, 4.69) is 152 Å². The molecule has 4 aromatic carbocycles. The summed E-state index contributed by atoms with van der Waals surface area (Å²) in [7, 11) is 0. The number of aryl methyl sites for hydroxylation is 2. The zero-order valence-corrected chi connectivity index (χ0v) is 36.7. The Balaban J connectivity index is 0.00000243. The fourth-order valence-corrected chi connectivity index (χ4v) is 33.4. The Morgan fingerprint density at radius 2 is 0.920 bits per heavy atom. The molecule has 0 bridgehead atoms. The Bertz CT molecular complexity index is 1740. The molecule has 0 spiro atoms. The molecular weight excluding hydrogens is 814 g/mol. The first-order valence-corrected chi connectivity index (χ1v) is 28.1. The topological polar surface area (TPSA) is 0 Å². The second-order valence-corrected chi connectivity index (χ2v) is 33.8. The van der Waals surface area contributed by atoms with E-state index in [9.17, 15) is 0 Å². The second kappa shape index (κ2) is 15.0. The third-order valence-corrected chi connectivity index (χ3v) is 33.9. The first-order valence-electron chi connectivity index (χ1n) is 18.8. The molecule has 1 aliphatic heterocycles. The van der Waals surface area contributed by atoms with Crippen LogP contribution in [0.5, 0.6) is 0 Å². The largest absolute Gasteiger partial charge is 1.00 e. The van der Waals surface area contributed by atoms with Crippen LogP contribution in [0.25, 0.3) is 34.4 Å². The third-order valence-electron chi connectivity index (χ3n) is 11.9. The number of rotatable bonds is 8. The van der Waals surface area contributed by atoms with Crippen molar-refractivity contribution in [3.8, 4) is 22.3 Å². The summed E-state index contributed by atoms with van der Waals surface area (Å²) < 4.78 is 4.24. The van der Waals surface area contributed by atoms with Gasteiger partial charge in [-0.2, -0.15) is 0 Å². The zero-order valence-electron chi connectivity index (χ0n) is 31.6. The van der Waals surface area contributed by atoms with E-state index in [1.54, 1.807) is 22.3 Å². The van der Waals surface area contributed by atoms with E-state index in [1.807, 2.05) is 0 Å². The molecule has 0 radical (unpaired) electrons. The van der Waals surface area contributed by atoms with Gasteiger partial charge in [-0.1, -0.05) is 0 Å². The van der Waals surface area contributed by atoms with Gasteiger partial charge in [0.25, 0.3) is 0 Å². The first-order chi connectivity index (χ1) is 23.0. The van der Waals surface area contributed by atoms with Gasteiger partial charge in [-0.05, 0) is 0 Å². The van der Waals surface area contributed by atoms with E-state index < -0.39 is 20.0 Å². The van der Waals surface area contributed by atoms with E-state index in [-0.39, 0.29) is 35.6 Å². The van der Waals surface area contributed by atoms with Crippen molar-refractivity contribution >= 4 is 12.2 Å². The summed E-state index contributed by atoms with van der Waals surface area (Å²) >= 11 is -3.21. The number of benzene rings is 4. The standard InChI is InChI=1S/2C22H25.C3H6.2ClH.Hf/c2*1-5-7-16-10-12-17(13-11-16)20-9-6-8-18-14-19(15-21(18)20)22(2,3)4;1-3-2;;;/h2*6,8-15H,5,7H2,1-4H3;1-3H2;2*1H;/q;;;;;+2/p-2. The molecule has 2 unspecified atom stereocenters. The van der Waals surface area contributed by atoms with E-state index >= 15 is 0 Å². The van der Waals surface area contributed by atoms with Gasteiger partial charge >= 0.3 is 298 Å². The van der Waals surface area contributed by atoms with E-state index in [0.29, 0.717) is 7.35 Å². The van der Waals surface area contributed by atoms with Crippen LogP contribution in [0.2, 0.25) is 8.35 Å². The average molecular weight is 870 g/mol. The zero-order chi connectivity index (χ0) is 33.8. The summed E-state index contributed by atoms with van der Waals surface area (Å²) in [5.41, 5.74) is 18.5. The van der Waals surface area contributed by atoms with Gasteiger partial charge in [0.05, 0.1) is 0 Å². The molecule has 3 heteroatoms. The quantitative estimate of drug-likeness (QED) is 0.158. The summed E-state index contributed by atoms with van der Waals surface area (Å²) in [6, 6.07) is 33.6. The maximum Gasteiger partial charge on any atom is -1.00 e. The molecule has 0 nitrogen and oxygen atoms in total. The van der Waals surface area contributed by atoms with Gasteiger partial charge in [0.1, 0.15) is 0 Å². The summed E-state index contributed by atoms with van der Waals surface area (Å²) in [6.07, 6.45) is 11.5. The van der Waals surface area contributed by atoms with Crippen LogP contribution < -0.4 is 24.8 Å². The number of hydrogen-bond acceptors (Lipinski definition) is 0. The van der Waals surface area contributed by atoms with Gasteiger partial charge in [0, 0.05) is 0 Å². The van der Waals surface area contributed by atoms with Crippen LogP contribution in [-0.2, 0) is 32.8 Å². The van der Waals surface area contributed by atoms with Gasteiger partial charge in [-0.3, -0.25) is 0 Å². The van der Waals surface area contributed by atoms with Gasteiger partial charge in [0.2, 0.25) is 0 Å². The minimum Gasteiger partial charge on any atom is -1.00 e. The Morgan fingerprint density at radius 1 is 0.540 bits per heavy atom. The Labute approximate surface area is 320 Å². The van der Waals surface area contributed by atoms with Crippen LogP contribution >= 0.6 is 0 Å². The van der Waals surface area contributed by atoms with Gasteiger partial charge in [0.15, 0.2) is 0 Å². The minimum atomic E-state index is -3.21. The van der Waals surface area contributed by atoms with Crippen molar-refractivity contribution in [2.45, 2.75) is 103 Å². The summed E-state index contributed by atoms with van der Waals surface area (Å²) in [4.78, 5) is 0. The minimum absolute atomic E-state index is 0. The smallest absolute Gasteiger partial charge is 1.00 e. The van der Waals surface area contributed by atoms with Crippen LogP contribution in [0, 0.1) is 10.8 Å². The molecule has 1 heterocycles. The number of allylic oxidation sites excluding steroid dienone is 2. The normalized spacial score (nSPS) is 18.3. The van der Waals surface area contributed by atoms with Crippen molar-refractivity contribution in [2.24, 2.45) is 10.8 Å². The molecule has 2 aliphatic carbocycles. The average Bonchev–Trinajstić information content (AvgIpc) is 3.63. The molecule has 1 saturated heterocycles. The van der Waals surface area contributed by atoms with Crippen molar-refractivity contribution < 1.29 is 44.8 Å². The van der Waals surface area contributed by atoms with Crippen molar-refractivity contribution in [1.82, 2.24) is 0 Å². The number of fused-ring (bicyclic) bond motifs is 2. The van der Waals surface area contributed by atoms with Crippen LogP contribution in [0.15, 0.2) is 96.1 Å². The maximum absolute atomic E-state index is 3.21. The van der Waals surface area contributed by atoms with E-state index in [4.69, 9.17) is 0 Å². The molecule has 2 atom stereocenters. The Hall–Kier alpha value is -2.19. The molecule has 7 rings (SSSR count). The van der Waals surface area contributed by atoms with Crippen LogP contribution in [0.1, 0.15) is 115 Å². The second-order valence-electron chi connectivity index (χ2n) is 17.2. The number of halogens is 2. The molecule has 1 fully saturated rings. The SMILES string of the molecule is CCCc1ccc(-c2cccc3c2C=C(C(C)(C)C)[CH]3[Hf+2]2([CH]3C(C(C)(C)C)=Cc4c(-c5ccc(CCC)cc5)cccc43)[CH2]C[CH2]2)cc1.[Cl-].[Cl-]. The van der Waals surface area contributed by atoms with Crippen molar-refractivity contribution in [2.75, 3.05) is 0 Å². The maximum atomic E-state index is 2.68. The van der Waals surface area contributed by atoms with Crippen LogP contribution in [-0.4, -0.2) is 0 Å². The van der Waals surface area contributed by atoms with Crippen LogP contribution in [0.4, 0.5) is 0 Å². The third kappa shape index (κ3) is 6.86. The molecule has 3 aliphatic rings. The van der Waals surface area contributed by atoms with Crippen molar-refractivity contribution in [1.29, 1.82) is 0 Å². The first kappa shape index (κ1) is 39.0. The predicted molar refractivity (Wildman–Crippen MR) is 206 cm³/mol. The molecule has 50 heavy (non-hydrogen) atoms. The Morgan fingerprint density at radius 3 is 1.22 bits per heavy atom. The van der Waals surface area contributed by atoms with Crippen molar-refractivity contribution in [3.05, 3.63) is 129 Å². The Kier molecular flexibility index (Phi) is 11.7. The molecule has 4 aromatic rings. The fraction of sp³-hybridized carbons (Fsp3) is 0.404. The monoisotopic (exact) mass is 870 g/mol. The summed E-state index contributed by atoms with van der Waals surface area (Å²) in [6.45, 7) is 19.5. The predicted octanol–water partition coefficient (Wildman–Crippen LogP) is 8.00. The number of hydrogen-bond donors (Lipinski definition) is 0. The molecule has 0 saturated carbocycles. The van der Waals surface area contributed by atoms with Gasteiger partial charge < -0.3 is 24.8 Å². The summed E-state index contributed by atoms with van der Waals surface area (Å²) in [5.74, 6) is 0. The fourth-order valence-electron chi connectivity index (χ4n) is 9.45. The molecule has 0 aromatic heterocycles. The van der Waals surface area contributed by atoms with Gasteiger partial charge in [-0.25, -0.2) is 0 Å². The van der Waals surface area contributed by atoms with Crippen LogP contribution in [0.3, 0.4) is 0 Å². The summed E-state index contributed by atoms with van der Waals surface area (Å²) in [5, 5.41) is 0. The van der Waals surface area contributed by atoms with E-state index in [0.717, 1.165) is 12.8 Å². The van der Waals surface area contributed by atoms with Gasteiger partial charge in [-0.15, -0.1) is 0 Å². The van der Waals surface area contributed by atoms with Crippen molar-refractivity contribution in [3.63, 3.8) is 0 Å². The molecule has 262 valence electrons. The molecule has 0 N–H and O–H groups in total. The van der Waals surface area contributed by atoms with E-state index in [1.165, 1.54) is 72.1 Å². The molecule has 0 amide bonds. The molecular formula is C47H56Cl2Hf.